The molecule has 1 aromatic heterocycles. The van der Waals surface area contributed by atoms with Crippen molar-refractivity contribution >= 4 is 32.7 Å². The highest BCUT2D eigenvalue weighted by atomic mass is 79.9. The number of fused-ring (bicyclic) bond motifs is 2. The lowest BCUT2D eigenvalue weighted by molar-refractivity contribution is 0.0943. The van der Waals surface area contributed by atoms with Gasteiger partial charge in [-0.2, -0.15) is 0 Å². The molecule has 0 bridgehead atoms. The zero-order valence-electron chi connectivity index (χ0n) is 13.2. The second kappa shape index (κ2) is 6.68. The fourth-order valence-electron chi connectivity index (χ4n) is 2.62. The molecular formula is C18H15BrN2O4. The van der Waals surface area contributed by atoms with E-state index in [1.54, 1.807) is 12.1 Å². The van der Waals surface area contributed by atoms with E-state index in [-0.39, 0.29) is 12.7 Å². The van der Waals surface area contributed by atoms with Crippen LogP contribution in [0.3, 0.4) is 0 Å². The molecular weight excluding hydrogens is 388 g/mol. The molecule has 3 aromatic rings. The van der Waals surface area contributed by atoms with Gasteiger partial charge in [0.2, 0.25) is 6.79 Å². The largest absolute Gasteiger partial charge is 0.492 e. The molecule has 2 aromatic carbocycles. The summed E-state index contributed by atoms with van der Waals surface area (Å²) in [5, 5.41) is 3.82. The third-order valence-electron chi connectivity index (χ3n) is 3.83. The van der Waals surface area contributed by atoms with Crippen LogP contribution < -0.4 is 19.5 Å². The Balaban J connectivity index is 1.31. The summed E-state index contributed by atoms with van der Waals surface area (Å²) in [5.41, 5.74) is 1.44. The Kier molecular flexibility index (Phi) is 4.23. The molecule has 7 heteroatoms. The van der Waals surface area contributed by atoms with Gasteiger partial charge in [-0.05, 0) is 30.3 Å². The second-order valence-electron chi connectivity index (χ2n) is 5.53. The third kappa shape index (κ3) is 3.41. The van der Waals surface area contributed by atoms with Crippen molar-refractivity contribution in [3.63, 3.8) is 0 Å². The Hall–Kier alpha value is -2.67. The quantitative estimate of drug-likeness (QED) is 0.640. The van der Waals surface area contributed by atoms with Crippen LogP contribution in [0.2, 0.25) is 0 Å². The van der Waals surface area contributed by atoms with E-state index in [1.807, 2.05) is 30.3 Å². The number of rotatable bonds is 5. The highest BCUT2D eigenvalue weighted by Crippen LogP contribution is 2.34. The van der Waals surface area contributed by atoms with Crippen LogP contribution in [-0.4, -0.2) is 30.8 Å². The predicted octanol–water partition coefficient (Wildman–Crippen LogP) is 3.47. The summed E-state index contributed by atoms with van der Waals surface area (Å²) in [4.78, 5) is 15.3. The van der Waals surface area contributed by atoms with Crippen molar-refractivity contribution in [2.75, 3.05) is 19.9 Å². The fourth-order valence-corrected chi connectivity index (χ4v) is 2.98. The van der Waals surface area contributed by atoms with E-state index in [0.29, 0.717) is 36.1 Å². The number of H-pyrrole nitrogens is 1. The average Bonchev–Trinajstić information content (AvgIpc) is 3.24. The van der Waals surface area contributed by atoms with Crippen LogP contribution in [0.1, 0.15) is 10.5 Å². The van der Waals surface area contributed by atoms with Gasteiger partial charge >= 0.3 is 0 Å². The molecule has 6 nitrogen and oxygen atoms in total. The van der Waals surface area contributed by atoms with E-state index in [2.05, 4.69) is 26.2 Å². The molecule has 1 aliphatic rings. The monoisotopic (exact) mass is 402 g/mol. The summed E-state index contributed by atoms with van der Waals surface area (Å²) in [7, 11) is 0. The summed E-state index contributed by atoms with van der Waals surface area (Å²) >= 11 is 3.42. The minimum Gasteiger partial charge on any atom is -0.492 e. The van der Waals surface area contributed by atoms with Gasteiger partial charge in [0.25, 0.3) is 5.91 Å². The van der Waals surface area contributed by atoms with E-state index < -0.39 is 0 Å². The first-order valence-electron chi connectivity index (χ1n) is 7.78. The molecule has 0 unspecified atom stereocenters. The molecule has 0 saturated heterocycles. The van der Waals surface area contributed by atoms with Crippen molar-refractivity contribution in [2.45, 2.75) is 0 Å². The van der Waals surface area contributed by atoms with Crippen molar-refractivity contribution in [2.24, 2.45) is 0 Å². The van der Waals surface area contributed by atoms with Crippen LogP contribution in [0.4, 0.5) is 0 Å². The van der Waals surface area contributed by atoms with Gasteiger partial charge in [0.15, 0.2) is 11.5 Å². The average molecular weight is 403 g/mol. The van der Waals surface area contributed by atoms with Crippen LogP contribution in [0.25, 0.3) is 10.9 Å². The zero-order valence-corrected chi connectivity index (χ0v) is 14.8. The number of amides is 1. The second-order valence-corrected chi connectivity index (χ2v) is 6.45. The van der Waals surface area contributed by atoms with Gasteiger partial charge in [-0.3, -0.25) is 4.79 Å². The van der Waals surface area contributed by atoms with E-state index in [4.69, 9.17) is 14.2 Å². The van der Waals surface area contributed by atoms with Gasteiger partial charge < -0.3 is 24.5 Å². The molecule has 25 heavy (non-hydrogen) atoms. The van der Waals surface area contributed by atoms with Crippen molar-refractivity contribution in [1.29, 1.82) is 0 Å². The van der Waals surface area contributed by atoms with E-state index >= 15 is 0 Å². The molecule has 0 atom stereocenters. The first kappa shape index (κ1) is 15.8. The molecule has 4 rings (SSSR count). The first-order chi connectivity index (χ1) is 12.2. The van der Waals surface area contributed by atoms with E-state index in [0.717, 1.165) is 15.4 Å². The molecule has 0 spiro atoms. The minimum atomic E-state index is -0.165. The number of halogens is 1. The number of carbonyl (C=O) groups excluding carboxylic acids is 1. The third-order valence-corrected chi connectivity index (χ3v) is 4.32. The first-order valence-corrected chi connectivity index (χ1v) is 8.57. The lowest BCUT2D eigenvalue weighted by atomic mass is 10.2. The minimum absolute atomic E-state index is 0.165. The lowest BCUT2D eigenvalue weighted by Crippen LogP contribution is -2.28. The molecule has 0 saturated carbocycles. The van der Waals surface area contributed by atoms with Crippen molar-refractivity contribution in [1.82, 2.24) is 10.3 Å². The Morgan fingerprint density at radius 3 is 2.96 bits per heavy atom. The normalized spacial score (nSPS) is 12.4. The molecule has 2 heterocycles. The number of ether oxygens (including phenoxy) is 3. The summed E-state index contributed by atoms with van der Waals surface area (Å²) in [6.07, 6.45) is 0. The van der Waals surface area contributed by atoms with Crippen LogP contribution in [-0.2, 0) is 0 Å². The maximum absolute atomic E-state index is 12.2. The van der Waals surface area contributed by atoms with Gasteiger partial charge in [0.05, 0.1) is 6.54 Å². The topological polar surface area (TPSA) is 72.6 Å². The maximum atomic E-state index is 12.2. The van der Waals surface area contributed by atoms with Gasteiger partial charge in [-0.15, -0.1) is 0 Å². The van der Waals surface area contributed by atoms with Gasteiger partial charge in [-0.25, -0.2) is 0 Å². The Bertz CT molecular complexity index is 938. The molecule has 0 radical (unpaired) electrons. The van der Waals surface area contributed by atoms with Gasteiger partial charge in [0, 0.05) is 21.4 Å². The Morgan fingerprint density at radius 2 is 2.04 bits per heavy atom. The smallest absolute Gasteiger partial charge is 0.267 e. The number of aromatic nitrogens is 1. The molecule has 2 N–H and O–H groups in total. The van der Waals surface area contributed by atoms with Gasteiger partial charge in [-0.1, -0.05) is 22.0 Å². The Labute approximate surface area is 152 Å². The van der Waals surface area contributed by atoms with Crippen LogP contribution >= 0.6 is 15.9 Å². The summed E-state index contributed by atoms with van der Waals surface area (Å²) in [6, 6.07) is 13.1. The lowest BCUT2D eigenvalue weighted by Gasteiger charge is -2.07. The zero-order chi connectivity index (χ0) is 17.2. The standard InChI is InChI=1S/C18H15BrN2O4/c19-12-2-1-11-7-15(21-14(11)8-12)18(22)20-5-6-23-13-3-4-16-17(9-13)25-10-24-16/h1-4,7-9,21H,5-6,10H2,(H,20,22). The number of nitrogens with one attached hydrogen (secondary N) is 2. The SMILES string of the molecule is O=C(NCCOc1ccc2c(c1)OCO2)c1cc2ccc(Br)cc2[nH]1. The number of hydrogen-bond donors (Lipinski definition) is 2. The highest BCUT2D eigenvalue weighted by molar-refractivity contribution is 9.10. The summed E-state index contributed by atoms with van der Waals surface area (Å²) in [6.45, 7) is 0.986. The molecule has 1 amide bonds. The number of aromatic amines is 1. The number of hydrogen-bond acceptors (Lipinski definition) is 4. The molecule has 0 fully saturated rings. The maximum Gasteiger partial charge on any atom is 0.267 e. The van der Waals surface area contributed by atoms with Crippen LogP contribution in [0.15, 0.2) is 46.9 Å². The van der Waals surface area contributed by atoms with E-state index in [9.17, 15) is 4.79 Å². The van der Waals surface area contributed by atoms with Crippen LogP contribution in [0.5, 0.6) is 17.2 Å². The fraction of sp³-hybridized carbons (Fsp3) is 0.167. The predicted molar refractivity (Wildman–Crippen MR) is 96.4 cm³/mol. The van der Waals surface area contributed by atoms with E-state index in [1.165, 1.54) is 0 Å². The molecule has 0 aliphatic carbocycles. The van der Waals surface area contributed by atoms with Crippen LogP contribution in [0, 0.1) is 0 Å². The molecule has 128 valence electrons. The Morgan fingerprint density at radius 1 is 1.16 bits per heavy atom. The number of benzene rings is 2. The summed E-state index contributed by atoms with van der Waals surface area (Å²) in [5.74, 6) is 1.90. The summed E-state index contributed by atoms with van der Waals surface area (Å²) < 4.78 is 17.1. The molecule has 1 aliphatic heterocycles. The van der Waals surface area contributed by atoms with Crippen molar-refractivity contribution in [3.8, 4) is 17.2 Å². The number of carbonyl (C=O) groups is 1. The van der Waals surface area contributed by atoms with Gasteiger partial charge in [0.1, 0.15) is 18.1 Å². The van der Waals surface area contributed by atoms with Crippen molar-refractivity contribution < 1.29 is 19.0 Å². The highest BCUT2D eigenvalue weighted by Gasteiger charge is 2.14. The van der Waals surface area contributed by atoms with Crippen molar-refractivity contribution in [3.05, 3.63) is 52.6 Å².